The maximum Gasteiger partial charge on any atom is 0.262 e. The summed E-state index contributed by atoms with van der Waals surface area (Å²) in [5, 5.41) is 10.4. The number of aliphatic hydroxyl groups is 1. The van der Waals surface area contributed by atoms with Crippen LogP contribution in [0.15, 0.2) is 9.95 Å². The molecule has 0 spiro atoms. The molecule has 0 unspecified atom stereocenters. The maximum absolute atomic E-state index is 12.5. The molecule has 0 bridgehead atoms. The predicted molar refractivity (Wildman–Crippen MR) is 79.3 cm³/mol. The van der Waals surface area contributed by atoms with Gasteiger partial charge in [-0.05, 0) is 31.2 Å². The number of thioether (sulfide) groups is 1. The fraction of sp³-hybridized carbons (Fsp3) is 0.538. The van der Waals surface area contributed by atoms with E-state index in [0.29, 0.717) is 0 Å². The Bertz CT molecular complexity index is 675. The number of thiophene rings is 1. The van der Waals surface area contributed by atoms with Gasteiger partial charge in [-0.2, -0.15) is 0 Å². The van der Waals surface area contributed by atoms with E-state index in [-0.39, 0.29) is 12.2 Å². The van der Waals surface area contributed by atoms with Crippen LogP contribution in [0.25, 0.3) is 10.2 Å². The second-order valence-corrected chi connectivity index (χ2v) is 6.87. The summed E-state index contributed by atoms with van der Waals surface area (Å²) in [6.07, 6.45) is 3.99. The van der Waals surface area contributed by atoms with Crippen molar-refractivity contribution in [2.24, 2.45) is 7.05 Å². The van der Waals surface area contributed by atoms with E-state index in [2.05, 4.69) is 4.98 Å². The highest BCUT2D eigenvalue weighted by Crippen LogP contribution is 2.35. The van der Waals surface area contributed by atoms with Crippen LogP contribution in [0.3, 0.4) is 0 Å². The third-order valence-electron chi connectivity index (χ3n) is 3.44. The number of aliphatic hydroxyl groups excluding tert-OH is 1. The SMILES string of the molecule is Cn1c(SCCCO)nc2sc3c(c2c1=O)CCC3. The molecule has 1 aliphatic carbocycles. The molecule has 2 aromatic rings. The van der Waals surface area contributed by atoms with Crippen LogP contribution in [0.1, 0.15) is 23.3 Å². The smallest absolute Gasteiger partial charge is 0.262 e. The van der Waals surface area contributed by atoms with Crippen LogP contribution in [0.2, 0.25) is 0 Å². The minimum absolute atomic E-state index is 0.0795. The Morgan fingerprint density at radius 1 is 1.47 bits per heavy atom. The molecular formula is C13H16N2O2S2. The van der Waals surface area contributed by atoms with E-state index in [9.17, 15) is 4.79 Å². The second kappa shape index (κ2) is 5.26. The van der Waals surface area contributed by atoms with Gasteiger partial charge < -0.3 is 5.11 Å². The first kappa shape index (κ1) is 13.1. The summed E-state index contributed by atoms with van der Waals surface area (Å²) in [5.74, 6) is 0.785. The molecule has 0 aliphatic heterocycles. The number of rotatable bonds is 4. The van der Waals surface area contributed by atoms with E-state index in [0.717, 1.165) is 46.8 Å². The van der Waals surface area contributed by atoms with Crippen molar-refractivity contribution in [1.82, 2.24) is 9.55 Å². The van der Waals surface area contributed by atoms with Gasteiger partial charge in [-0.15, -0.1) is 11.3 Å². The highest BCUT2D eigenvalue weighted by atomic mass is 32.2. The van der Waals surface area contributed by atoms with Gasteiger partial charge in [0.25, 0.3) is 5.56 Å². The number of hydrogen-bond donors (Lipinski definition) is 1. The van der Waals surface area contributed by atoms with E-state index < -0.39 is 0 Å². The van der Waals surface area contributed by atoms with Gasteiger partial charge in [0.05, 0.1) is 5.39 Å². The van der Waals surface area contributed by atoms with Gasteiger partial charge in [0, 0.05) is 24.3 Å². The van der Waals surface area contributed by atoms with Crippen molar-refractivity contribution in [2.45, 2.75) is 30.8 Å². The van der Waals surface area contributed by atoms with E-state index in [4.69, 9.17) is 5.11 Å². The molecule has 1 aliphatic rings. The molecule has 6 heteroatoms. The van der Waals surface area contributed by atoms with Crippen LogP contribution in [-0.4, -0.2) is 27.0 Å². The summed E-state index contributed by atoms with van der Waals surface area (Å²) in [6.45, 7) is 0.177. The Morgan fingerprint density at radius 2 is 2.32 bits per heavy atom. The van der Waals surface area contributed by atoms with Crippen molar-refractivity contribution in [1.29, 1.82) is 0 Å². The number of hydrogen-bond acceptors (Lipinski definition) is 5. The lowest BCUT2D eigenvalue weighted by Crippen LogP contribution is -2.20. The third-order valence-corrected chi connectivity index (χ3v) is 5.74. The highest BCUT2D eigenvalue weighted by molar-refractivity contribution is 7.99. The number of nitrogens with zero attached hydrogens (tertiary/aromatic N) is 2. The molecule has 102 valence electrons. The van der Waals surface area contributed by atoms with Gasteiger partial charge in [0.2, 0.25) is 0 Å². The molecule has 19 heavy (non-hydrogen) atoms. The normalized spacial score (nSPS) is 14.2. The molecular weight excluding hydrogens is 280 g/mol. The monoisotopic (exact) mass is 296 g/mol. The second-order valence-electron chi connectivity index (χ2n) is 4.72. The van der Waals surface area contributed by atoms with Crippen LogP contribution in [-0.2, 0) is 19.9 Å². The first-order valence-electron chi connectivity index (χ1n) is 6.47. The quantitative estimate of drug-likeness (QED) is 0.532. The molecule has 2 heterocycles. The lowest BCUT2D eigenvalue weighted by atomic mass is 10.2. The number of aromatic nitrogens is 2. The Hall–Kier alpha value is -0.850. The molecule has 4 nitrogen and oxygen atoms in total. The van der Waals surface area contributed by atoms with Gasteiger partial charge >= 0.3 is 0 Å². The van der Waals surface area contributed by atoms with Crippen molar-refractivity contribution in [2.75, 3.05) is 12.4 Å². The van der Waals surface area contributed by atoms with Gasteiger partial charge in [-0.1, -0.05) is 11.8 Å². The Balaban J connectivity index is 2.07. The van der Waals surface area contributed by atoms with Crippen LogP contribution < -0.4 is 5.56 Å². The van der Waals surface area contributed by atoms with Crippen LogP contribution in [0.4, 0.5) is 0 Å². The maximum atomic E-state index is 12.5. The first-order valence-corrected chi connectivity index (χ1v) is 8.27. The zero-order chi connectivity index (χ0) is 13.4. The topological polar surface area (TPSA) is 55.1 Å². The minimum atomic E-state index is 0.0795. The zero-order valence-electron chi connectivity index (χ0n) is 10.8. The van der Waals surface area contributed by atoms with Crippen molar-refractivity contribution < 1.29 is 5.11 Å². The molecule has 0 saturated heterocycles. The van der Waals surface area contributed by atoms with E-state index in [1.54, 1.807) is 23.0 Å². The largest absolute Gasteiger partial charge is 0.396 e. The highest BCUT2D eigenvalue weighted by Gasteiger charge is 2.22. The molecule has 0 radical (unpaired) electrons. The summed E-state index contributed by atoms with van der Waals surface area (Å²) < 4.78 is 1.65. The van der Waals surface area contributed by atoms with Gasteiger partial charge in [-0.25, -0.2) is 4.98 Å². The first-order chi connectivity index (χ1) is 9.22. The molecule has 2 aromatic heterocycles. The zero-order valence-corrected chi connectivity index (χ0v) is 12.4. The lowest BCUT2D eigenvalue weighted by molar-refractivity contribution is 0.296. The molecule has 3 rings (SSSR count). The van der Waals surface area contributed by atoms with Gasteiger partial charge in [-0.3, -0.25) is 9.36 Å². The lowest BCUT2D eigenvalue weighted by Gasteiger charge is -2.06. The standard InChI is InChI=1S/C13H16N2O2S2/c1-15-12(17)10-8-4-2-5-9(8)19-11(10)14-13(15)18-7-3-6-16/h16H,2-7H2,1H3. The van der Waals surface area contributed by atoms with Crippen LogP contribution in [0.5, 0.6) is 0 Å². The Morgan fingerprint density at radius 3 is 3.11 bits per heavy atom. The fourth-order valence-electron chi connectivity index (χ4n) is 2.46. The van der Waals surface area contributed by atoms with Gasteiger partial charge in [0.1, 0.15) is 4.83 Å². The molecule has 0 aromatic carbocycles. The number of aryl methyl sites for hydroxylation is 2. The molecule has 1 N–H and O–H groups in total. The summed E-state index contributed by atoms with van der Waals surface area (Å²) in [5.41, 5.74) is 1.32. The fourth-order valence-corrected chi connectivity index (χ4v) is 4.66. The van der Waals surface area contributed by atoms with Crippen LogP contribution >= 0.6 is 23.1 Å². The molecule has 0 atom stereocenters. The summed E-state index contributed by atoms with van der Waals surface area (Å²) >= 11 is 3.22. The van der Waals surface area contributed by atoms with Crippen LogP contribution in [0, 0.1) is 0 Å². The third kappa shape index (κ3) is 2.22. The van der Waals surface area contributed by atoms with E-state index in [1.165, 1.54) is 22.2 Å². The van der Waals surface area contributed by atoms with Crippen molar-refractivity contribution in [3.05, 3.63) is 20.8 Å². The summed E-state index contributed by atoms with van der Waals surface area (Å²) in [7, 11) is 1.79. The van der Waals surface area contributed by atoms with Gasteiger partial charge in [0.15, 0.2) is 5.16 Å². The molecule has 0 amide bonds. The van der Waals surface area contributed by atoms with E-state index in [1.807, 2.05) is 0 Å². The van der Waals surface area contributed by atoms with E-state index >= 15 is 0 Å². The average Bonchev–Trinajstić information content (AvgIpc) is 2.95. The average molecular weight is 296 g/mol. The van der Waals surface area contributed by atoms with Crippen molar-refractivity contribution in [3.63, 3.8) is 0 Å². The van der Waals surface area contributed by atoms with Crippen molar-refractivity contribution in [3.8, 4) is 0 Å². The summed E-state index contributed by atoms with van der Waals surface area (Å²) in [6, 6.07) is 0. The summed E-state index contributed by atoms with van der Waals surface area (Å²) in [4.78, 5) is 19.3. The van der Waals surface area contributed by atoms with Crippen molar-refractivity contribution >= 4 is 33.3 Å². The minimum Gasteiger partial charge on any atom is -0.396 e. The predicted octanol–water partition coefficient (Wildman–Crippen LogP) is 1.96. The Labute approximate surface area is 119 Å². The number of fused-ring (bicyclic) bond motifs is 3. The molecule has 0 saturated carbocycles. The molecule has 0 fully saturated rings. The Kier molecular flexibility index (Phi) is 3.64.